The molecule has 0 N–H and O–H groups in total. The molecule has 0 radical (unpaired) electrons. The van der Waals surface area contributed by atoms with Crippen molar-refractivity contribution in [2.75, 3.05) is 11.4 Å². The predicted octanol–water partition coefficient (Wildman–Crippen LogP) is 4.43. The van der Waals surface area contributed by atoms with Crippen LogP contribution in [0.5, 0.6) is 0 Å². The second-order valence-electron chi connectivity index (χ2n) is 8.88. The first-order valence-corrected chi connectivity index (χ1v) is 12.5. The summed E-state index contributed by atoms with van der Waals surface area (Å²) in [5.74, 6) is 0.555. The second-order valence-corrected chi connectivity index (χ2v) is 10.8. The first kappa shape index (κ1) is 23.1. The van der Waals surface area contributed by atoms with Gasteiger partial charge in [0.15, 0.2) is 0 Å². The molecule has 1 saturated carbocycles. The number of aromatic nitrogens is 2. The Morgan fingerprint density at radius 2 is 1.84 bits per heavy atom. The van der Waals surface area contributed by atoms with Gasteiger partial charge in [0.2, 0.25) is 0 Å². The maximum atomic E-state index is 13.5. The van der Waals surface area contributed by atoms with Crippen molar-refractivity contribution in [1.82, 2.24) is 13.9 Å². The van der Waals surface area contributed by atoms with E-state index in [9.17, 15) is 21.6 Å². The van der Waals surface area contributed by atoms with Gasteiger partial charge < -0.3 is 9.47 Å². The lowest BCUT2D eigenvalue weighted by molar-refractivity contribution is -0.0492. The normalized spacial score (nSPS) is 21.0. The Hall–Kier alpha value is -2.07. The highest BCUT2D eigenvalue weighted by Crippen LogP contribution is 2.37. The van der Waals surface area contributed by atoms with Crippen molar-refractivity contribution in [1.29, 1.82) is 0 Å². The number of sulfonamides is 1. The van der Waals surface area contributed by atoms with Crippen LogP contribution in [0.3, 0.4) is 0 Å². The van der Waals surface area contributed by atoms with E-state index in [1.54, 1.807) is 24.7 Å². The van der Waals surface area contributed by atoms with Crippen LogP contribution in [-0.4, -0.2) is 40.4 Å². The fourth-order valence-corrected chi connectivity index (χ4v) is 5.91. The molecule has 1 atom stereocenters. The maximum Gasteiger partial charge on any atom is 0.511 e. The van der Waals surface area contributed by atoms with Crippen LogP contribution in [0.1, 0.15) is 49.8 Å². The Labute approximate surface area is 187 Å². The molecule has 1 aliphatic carbocycles. The van der Waals surface area contributed by atoms with Crippen LogP contribution in [0, 0.1) is 5.92 Å². The van der Waals surface area contributed by atoms with Gasteiger partial charge in [-0.3, -0.25) is 0 Å². The molecule has 0 amide bonds. The van der Waals surface area contributed by atoms with Crippen LogP contribution in [-0.2, 0) is 30.2 Å². The Morgan fingerprint density at radius 3 is 2.50 bits per heavy atom. The largest absolute Gasteiger partial charge is 0.511 e. The highest BCUT2D eigenvalue weighted by molar-refractivity contribution is 7.89. The number of nitrogens with zero attached hydrogens (tertiary/aromatic N) is 4. The summed E-state index contributed by atoms with van der Waals surface area (Å²) in [4.78, 5) is 6.24. The molecule has 2 aromatic rings. The van der Waals surface area contributed by atoms with E-state index in [-0.39, 0.29) is 19.1 Å². The predicted molar refractivity (Wildman–Crippen MR) is 116 cm³/mol. The van der Waals surface area contributed by atoms with Crippen molar-refractivity contribution < 1.29 is 21.6 Å². The zero-order valence-electron chi connectivity index (χ0n) is 18.1. The fourth-order valence-electron chi connectivity index (χ4n) is 4.94. The van der Waals surface area contributed by atoms with E-state index >= 15 is 0 Å². The van der Waals surface area contributed by atoms with Crippen molar-refractivity contribution in [2.24, 2.45) is 13.0 Å². The molecule has 6 nitrogen and oxygen atoms in total. The van der Waals surface area contributed by atoms with Crippen molar-refractivity contribution >= 4 is 15.7 Å². The summed E-state index contributed by atoms with van der Waals surface area (Å²) >= 11 is 0. The molecule has 176 valence electrons. The minimum Gasteiger partial charge on any atom is -0.361 e. The summed E-state index contributed by atoms with van der Waals surface area (Å²) in [6.07, 6.45) is 9.59. The molecule has 0 spiro atoms. The Bertz CT molecular complexity index is 1030. The average Bonchev–Trinajstić information content (AvgIpc) is 3.36. The van der Waals surface area contributed by atoms with Gasteiger partial charge in [0.05, 0.1) is 18.6 Å². The molecule has 1 aromatic carbocycles. The smallest absolute Gasteiger partial charge is 0.361 e. The third kappa shape index (κ3) is 4.66. The number of imidazole rings is 1. The van der Waals surface area contributed by atoms with Gasteiger partial charge in [-0.05, 0) is 30.4 Å². The molecule has 1 unspecified atom stereocenters. The van der Waals surface area contributed by atoms with Crippen LogP contribution in [0.2, 0.25) is 0 Å². The topological polar surface area (TPSA) is 58.4 Å². The van der Waals surface area contributed by atoms with Crippen LogP contribution >= 0.6 is 0 Å². The van der Waals surface area contributed by atoms with Crippen LogP contribution in [0.25, 0.3) is 0 Å². The lowest BCUT2D eigenvalue weighted by Gasteiger charge is -2.35. The van der Waals surface area contributed by atoms with E-state index in [4.69, 9.17) is 0 Å². The number of aryl methyl sites for hydroxylation is 1. The summed E-state index contributed by atoms with van der Waals surface area (Å²) in [6.45, 7) is -0.0380. The highest BCUT2D eigenvalue weighted by atomic mass is 32.2. The lowest BCUT2D eigenvalue weighted by Crippen LogP contribution is -2.47. The zero-order chi connectivity index (χ0) is 22.9. The SMILES string of the molecule is Cn1cncc1CN1c2ccccc2CN(S(=O)(=O)C(F)(F)F)CC1CCC1CCCC1. The molecule has 0 saturated heterocycles. The van der Waals surface area contributed by atoms with Crippen molar-refractivity contribution in [3.05, 3.63) is 48.0 Å². The number of hydrogen-bond donors (Lipinski definition) is 0. The third-order valence-corrected chi connectivity index (χ3v) is 8.31. The van der Waals surface area contributed by atoms with Crippen LogP contribution in [0.4, 0.5) is 18.9 Å². The number of alkyl halides is 3. The van der Waals surface area contributed by atoms with Gasteiger partial charge in [-0.2, -0.15) is 17.5 Å². The van der Waals surface area contributed by atoms with Crippen molar-refractivity contribution in [3.8, 4) is 0 Å². The minimum absolute atomic E-state index is 0.193. The third-order valence-electron chi connectivity index (χ3n) is 6.77. The monoisotopic (exact) mass is 470 g/mol. The van der Waals surface area contributed by atoms with Crippen LogP contribution in [0.15, 0.2) is 36.8 Å². The van der Waals surface area contributed by atoms with E-state index in [2.05, 4.69) is 9.88 Å². The van der Waals surface area contributed by atoms with Gasteiger partial charge in [0.1, 0.15) is 0 Å². The molecule has 1 aromatic heterocycles. The molecule has 4 rings (SSSR count). The van der Waals surface area contributed by atoms with E-state index in [0.29, 0.717) is 28.8 Å². The molecule has 2 heterocycles. The molecule has 2 aliphatic rings. The summed E-state index contributed by atoms with van der Waals surface area (Å²) in [5, 5.41) is 0. The number of hydrogen-bond acceptors (Lipinski definition) is 4. The molecular weight excluding hydrogens is 441 g/mol. The summed E-state index contributed by atoms with van der Waals surface area (Å²) < 4.78 is 67.8. The van der Waals surface area contributed by atoms with Gasteiger partial charge in [0, 0.05) is 38.1 Å². The lowest BCUT2D eigenvalue weighted by atomic mass is 9.97. The van der Waals surface area contributed by atoms with Gasteiger partial charge in [-0.15, -0.1) is 0 Å². The van der Waals surface area contributed by atoms with Gasteiger partial charge in [-0.25, -0.2) is 13.4 Å². The van der Waals surface area contributed by atoms with E-state index < -0.39 is 15.5 Å². The van der Waals surface area contributed by atoms with E-state index in [0.717, 1.165) is 30.6 Å². The number of rotatable bonds is 6. The number of fused-ring (bicyclic) bond motifs is 1. The highest BCUT2D eigenvalue weighted by Gasteiger charge is 2.51. The minimum atomic E-state index is -5.44. The van der Waals surface area contributed by atoms with E-state index in [1.807, 2.05) is 23.7 Å². The van der Waals surface area contributed by atoms with Gasteiger partial charge >= 0.3 is 15.5 Å². The average molecular weight is 471 g/mol. The van der Waals surface area contributed by atoms with E-state index in [1.165, 1.54) is 12.8 Å². The summed E-state index contributed by atoms with van der Waals surface area (Å²) in [5.41, 5.74) is -3.05. The Kier molecular flexibility index (Phi) is 6.53. The molecule has 1 fully saturated rings. The number of benzene rings is 1. The number of halogens is 3. The first-order valence-electron chi connectivity index (χ1n) is 11.0. The standard InChI is InChI=1S/C22H29F3N4O2S/c1-27-16-26-12-20(27)15-29-19(11-10-17-6-2-3-7-17)14-28(32(30,31)22(23,24)25)13-18-8-4-5-9-21(18)29/h4-5,8-9,12,16-17,19H,2-3,6-7,10-11,13-15H2,1H3. The van der Waals surface area contributed by atoms with Crippen molar-refractivity contribution in [2.45, 2.75) is 63.2 Å². The molecule has 10 heteroatoms. The van der Waals surface area contributed by atoms with Crippen molar-refractivity contribution in [3.63, 3.8) is 0 Å². The summed E-state index contributed by atoms with van der Waals surface area (Å²) in [7, 11) is -3.57. The van der Waals surface area contributed by atoms with Gasteiger partial charge in [0.25, 0.3) is 0 Å². The quantitative estimate of drug-likeness (QED) is 0.627. The fraction of sp³-hybridized carbons (Fsp3) is 0.591. The number of para-hydroxylation sites is 1. The maximum absolute atomic E-state index is 13.5. The Morgan fingerprint density at radius 1 is 1.12 bits per heavy atom. The molecular formula is C22H29F3N4O2S. The van der Waals surface area contributed by atoms with Gasteiger partial charge in [-0.1, -0.05) is 43.9 Å². The molecule has 0 bridgehead atoms. The summed E-state index contributed by atoms with van der Waals surface area (Å²) in [6, 6.07) is 6.79. The first-order chi connectivity index (χ1) is 15.2. The van der Waals surface area contributed by atoms with Crippen LogP contribution < -0.4 is 4.90 Å². The zero-order valence-corrected chi connectivity index (χ0v) is 18.9. The Balaban J connectivity index is 1.72. The molecule has 1 aliphatic heterocycles. The number of anilines is 1. The molecule has 32 heavy (non-hydrogen) atoms. The second kappa shape index (κ2) is 9.05.